The van der Waals surface area contributed by atoms with Crippen molar-refractivity contribution < 1.29 is 22.4 Å². The molecule has 0 aliphatic heterocycles. The molecule has 2 rings (SSSR count). The zero-order valence-electron chi connectivity index (χ0n) is 15.3. The molecule has 0 saturated carbocycles. The first-order valence-corrected chi connectivity index (χ1v) is 10.1. The highest BCUT2D eigenvalue weighted by Gasteiger charge is 2.26. The molecule has 0 spiro atoms. The van der Waals surface area contributed by atoms with Crippen molar-refractivity contribution in [1.82, 2.24) is 4.90 Å². The molecule has 1 aromatic heterocycles. The number of methoxy groups -OCH3 is 1. The van der Waals surface area contributed by atoms with Gasteiger partial charge in [0.1, 0.15) is 0 Å². The first kappa shape index (κ1) is 20.2. The topological polar surface area (TPSA) is 76.8 Å². The summed E-state index contributed by atoms with van der Waals surface area (Å²) in [7, 11) is -1.99. The molecule has 6 nitrogen and oxygen atoms in total. The zero-order chi connectivity index (χ0) is 19.2. The van der Waals surface area contributed by atoms with Gasteiger partial charge in [-0.05, 0) is 24.1 Å². The second kappa shape index (κ2) is 9.00. The van der Waals surface area contributed by atoms with Crippen LogP contribution in [-0.4, -0.2) is 46.0 Å². The predicted octanol–water partition coefficient (Wildman–Crippen LogP) is 3.00. The van der Waals surface area contributed by atoms with E-state index < -0.39 is 9.84 Å². The predicted molar refractivity (Wildman–Crippen MR) is 98.7 cm³/mol. The molecule has 0 bridgehead atoms. The van der Waals surface area contributed by atoms with Gasteiger partial charge in [0, 0.05) is 25.8 Å². The van der Waals surface area contributed by atoms with Crippen LogP contribution in [0.15, 0.2) is 52.0 Å². The molecule has 0 N–H and O–H groups in total. The fourth-order valence-corrected chi connectivity index (χ4v) is 3.99. The van der Waals surface area contributed by atoms with Gasteiger partial charge in [0.2, 0.25) is 0 Å². The van der Waals surface area contributed by atoms with E-state index in [0.29, 0.717) is 25.3 Å². The van der Waals surface area contributed by atoms with E-state index in [0.717, 1.165) is 0 Å². The summed E-state index contributed by atoms with van der Waals surface area (Å²) >= 11 is 0. The van der Waals surface area contributed by atoms with Crippen LogP contribution in [-0.2, 0) is 20.3 Å². The van der Waals surface area contributed by atoms with Gasteiger partial charge in [-0.2, -0.15) is 0 Å². The molecule has 0 aliphatic rings. The highest BCUT2D eigenvalue weighted by atomic mass is 32.2. The van der Waals surface area contributed by atoms with Crippen LogP contribution >= 0.6 is 0 Å². The van der Waals surface area contributed by atoms with Gasteiger partial charge in [-0.15, -0.1) is 0 Å². The second-order valence-corrected chi connectivity index (χ2v) is 8.47. The van der Waals surface area contributed by atoms with Gasteiger partial charge in [-0.3, -0.25) is 4.79 Å². The fraction of sp³-hybridized carbons (Fsp3) is 0.421. The number of sulfone groups is 1. The van der Waals surface area contributed by atoms with Crippen molar-refractivity contribution in [2.45, 2.75) is 24.5 Å². The molecule has 142 valence electrons. The average Bonchev–Trinajstić information content (AvgIpc) is 3.05. The summed E-state index contributed by atoms with van der Waals surface area (Å²) in [6, 6.07) is 9.72. The Morgan fingerprint density at radius 3 is 2.50 bits per heavy atom. The number of hydrogen-bond acceptors (Lipinski definition) is 5. The first-order valence-electron chi connectivity index (χ1n) is 8.47. The van der Waals surface area contributed by atoms with Gasteiger partial charge >= 0.3 is 0 Å². The van der Waals surface area contributed by atoms with Crippen LogP contribution in [0.4, 0.5) is 0 Å². The number of amides is 1. The standard InChI is InChI=1S/C19H25NO5S/c1-15(2)13-20(10-12-24-3)19(21)18-16(9-11-25-18)14-26(22,23)17-7-5-4-6-8-17/h4-9,11,15H,10,12-14H2,1-3H3. The number of furan rings is 1. The van der Waals surface area contributed by atoms with Gasteiger partial charge in [0.25, 0.3) is 5.91 Å². The van der Waals surface area contributed by atoms with E-state index >= 15 is 0 Å². The highest BCUT2D eigenvalue weighted by Crippen LogP contribution is 2.21. The summed E-state index contributed by atoms with van der Waals surface area (Å²) in [6.45, 7) is 5.37. The van der Waals surface area contributed by atoms with E-state index in [4.69, 9.17) is 9.15 Å². The molecule has 0 unspecified atom stereocenters. The van der Waals surface area contributed by atoms with Crippen LogP contribution in [0.25, 0.3) is 0 Å². The smallest absolute Gasteiger partial charge is 0.289 e. The lowest BCUT2D eigenvalue weighted by Crippen LogP contribution is -2.37. The Morgan fingerprint density at radius 2 is 1.88 bits per heavy atom. The van der Waals surface area contributed by atoms with Crippen LogP contribution in [0, 0.1) is 5.92 Å². The van der Waals surface area contributed by atoms with E-state index in [-0.39, 0.29) is 28.2 Å². The lowest BCUT2D eigenvalue weighted by Gasteiger charge is -2.23. The second-order valence-electron chi connectivity index (χ2n) is 6.48. The van der Waals surface area contributed by atoms with Crippen molar-refractivity contribution in [1.29, 1.82) is 0 Å². The third kappa shape index (κ3) is 5.19. The summed E-state index contributed by atoms with van der Waals surface area (Å²) in [5.41, 5.74) is 0.366. The van der Waals surface area contributed by atoms with Crippen LogP contribution in [0.1, 0.15) is 30.0 Å². The van der Waals surface area contributed by atoms with Gasteiger partial charge < -0.3 is 14.1 Å². The maximum absolute atomic E-state index is 12.9. The van der Waals surface area contributed by atoms with Crippen molar-refractivity contribution in [3.05, 3.63) is 54.0 Å². The van der Waals surface area contributed by atoms with Crippen molar-refractivity contribution in [2.24, 2.45) is 5.92 Å². The van der Waals surface area contributed by atoms with Gasteiger partial charge in [0.05, 0.1) is 23.5 Å². The molecule has 7 heteroatoms. The summed E-state index contributed by atoms with van der Waals surface area (Å²) in [5, 5.41) is 0. The average molecular weight is 379 g/mol. The quantitative estimate of drug-likeness (QED) is 0.669. The molecular weight excluding hydrogens is 354 g/mol. The third-order valence-corrected chi connectivity index (χ3v) is 5.51. The Hall–Kier alpha value is -2.12. The molecule has 0 saturated heterocycles. The molecular formula is C19H25NO5S. The molecule has 0 radical (unpaired) electrons. The lowest BCUT2D eigenvalue weighted by molar-refractivity contribution is 0.0640. The van der Waals surface area contributed by atoms with Crippen molar-refractivity contribution in [3.8, 4) is 0 Å². The molecule has 26 heavy (non-hydrogen) atoms. The first-order chi connectivity index (χ1) is 12.3. The number of ether oxygens (including phenoxy) is 1. The largest absolute Gasteiger partial charge is 0.459 e. The van der Waals surface area contributed by atoms with E-state index in [2.05, 4.69) is 0 Å². The number of rotatable bonds is 9. The summed E-state index contributed by atoms with van der Waals surface area (Å²) in [4.78, 5) is 14.7. The zero-order valence-corrected chi connectivity index (χ0v) is 16.2. The molecule has 2 aromatic rings. The summed E-state index contributed by atoms with van der Waals surface area (Å²) in [5.74, 6) is -0.267. The Morgan fingerprint density at radius 1 is 1.19 bits per heavy atom. The summed E-state index contributed by atoms with van der Waals surface area (Å²) in [6.07, 6.45) is 1.35. The number of carbonyl (C=O) groups is 1. The van der Waals surface area contributed by atoms with Crippen LogP contribution in [0.3, 0.4) is 0 Å². The van der Waals surface area contributed by atoms with Crippen molar-refractivity contribution in [2.75, 3.05) is 26.8 Å². The Kier molecular flexibility index (Phi) is 6.99. The van der Waals surface area contributed by atoms with E-state index in [1.807, 2.05) is 13.8 Å². The molecule has 1 amide bonds. The maximum Gasteiger partial charge on any atom is 0.289 e. The molecule has 1 heterocycles. The fourth-order valence-electron chi connectivity index (χ4n) is 2.61. The van der Waals surface area contributed by atoms with Crippen LogP contribution in [0.5, 0.6) is 0 Å². The van der Waals surface area contributed by atoms with E-state index in [1.54, 1.807) is 42.3 Å². The highest BCUT2D eigenvalue weighted by molar-refractivity contribution is 7.90. The lowest BCUT2D eigenvalue weighted by atomic mass is 10.2. The Bertz CT molecular complexity index is 811. The molecule has 0 aliphatic carbocycles. The monoisotopic (exact) mass is 379 g/mol. The van der Waals surface area contributed by atoms with E-state index in [9.17, 15) is 13.2 Å². The van der Waals surface area contributed by atoms with Crippen molar-refractivity contribution >= 4 is 15.7 Å². The Balaban J connectivity index is 2.24. The maximum atomic E-state index is 12.9. The number of hydrogen-bond donors (Lipinski definition) is 0. The van der Waals surface area contributed by atoms with Crippen LogP contribution in [0.2, 0.25) is 0 Å². The minimum absolute atomic E-state index is 0.0706. The minimum atomic E-state index is -3.56. The normalized spacial score (nSPS) is 11.7. The van der Waals surface area contributed by atoms with Crippen LogP contribution < -0.4 is 0 Å². The number of nitrogens with zero attached hydrogens (tertiary/aromatic N) is 1. The molecule has 0 atom stereocenters. The Labute approximate surface area is 154 Å². The number of benzene rings is 1. The van der Waals surface area contributed by atoms with Crippen molar-refractivity contribution in [3.63, 3.8) is 0 Å². The third-order valence-electron chi connectivity index (χ3n) is 3.83. The van der Waals surface area contributed by atoms with Gasteiger partial charge in [-0.1, -0.05) is 32.0 Å². The number of carbonyl (C=O) groups excluding carboxylic acids is 1. The SMILES string of the molecule is COCCN(CC(C)C)C(=O)c1occc1CS(=O)(=O)c1ccccc1. The molecule has 0 fully saturated rings. The molecule has 1 aromatic carbocycles. The van der Waals surface area contributed by atoms with Gasteiger partial charge in [-0.25, -0.2) is 8.42 Å². The summed E-state index contributed by atoms with van der Waals surface area (Å²) < 4.78 is 35.6. The minimum Gasteiger partial charge on any atom is -0.459 e. The van der Waals surface area contributed by atoms with E-state index in [1.165, 1.54) is 12.3 Å². The van der Waals surface area contributed by atoms with Gasteiger partial charge in [0.15, 0.2) is 15.6 Å².